The van der Waals surface area contributed by atoms with Crippen LogP contribution in [0, 0.1) is 20.8 Å². The van der Waals surface area contributed by atoms with E-state index in [9.17, 15) is 0 Å². The van der Waals surface area contributed by atoms with Crippen molar-refractivity contribution < 1.29 is 4.74 Å². The molecule has 1 aromatic carbocycles. The monoisotopic (exact) mass is 367 g/mol. The molecule has 3 aromatic rings. The van der Waals surface area contributed by atoms with Crippen molar-refractivity contribution in [2.45, 2.75) is 52.5 Å². The summed E-state index contributed by atoms with van der Waals surface area (Å²) in [7, 11) is 1.73. The fourth-order valence-corrected chi connectivity index (χ4v) is 4.92. The molecule has 4 rings (SSSR count). The summed E-state index contributed by atoms with van der Waals surface area (Å²) in [6.07, 6.45) is 4.46. The van der Waals surface area contributed by atoms with Crippen molar-refractivity contribution in [1.29, 1.82) is 0 Å². The fourth-order valence-electron chi connectivity index (χ4n) is 3.85. The van der Waals surface area contributed by atoms with Crippen molar-refractivity contribution in [3.05, 3.63) is 45.6 Å². The number of anilines is 1. The largest absolute Gasteiger partial charge is 0.497 e. The number of methoxy groups -OCH3 is 1. The Morgan fingerprint density at radius 1 is 1.15 bits per heavy atom. The molecular formula is C21H25N3OS. The van der Waals surface area contributed by atoms with Crippen molar-refractivity contribution in [3.8, 4) is 5.75 Å². The van der Waals surface area contributed by atoms with E-state index in [1.807, 2.05) is 6.92 Å². The third-order valence-corrected chi connectivity index (χ3v) is 6.46. The van der Waals surface area contributed by atoms with E-state index in [0.29, 0.717) is 6.04 Å². The van der Waals surface area contributed by atoms with Gasteiger partial charge in [-0.3, -0.25) is 0 Å². The van der Waals surface area contributed by atoms with E-state index in [4.69, 9.17) is 9.72 Å². The van der Waals surface area contributed by atoms with Gasteiger partial charge in [0.1, 0.15) is 22.2 Å². The molecule has 1 unspecified atom stereocenters. The molecule has 4 nitrogen and oxygen atoms in total. The molecule has 0 saturated carbocycles. The van der Waals surface area contributed by atoms with Crippen molar-refractivity contribution >= 4 is 27.4 Å². The summed E-state index contributed by atoms with van der Waals surface area (Å²) in [5, 5.41) is 4.94. The van der Waals surface area contributed by atoms with E-state index in [0.717, 1.165) is 41.5 Å². The van der Waals surface area contributed by atoms with Crippen LogP contribution in [0.25, 0.3) is 10.2 Å². The molecule has 0 fully saturated rings. The van der Waals surface area contributed by atoms with Gasteiger partial charge in [0.05, 0.1) is 12.5 Å². The molecule has 26 heavy (non-hydrogen) atoms. The number of fused-ring (bicyclic) bond motifs is 2. The lowest BCUT2D eigenvalue weighted by atomic mass is 10.0. The Hall–Kier alpha value is -2.14. The first-order valence-electron chi connectivity index (χ1n) is 9.22. The van der Waals surface area contributed by atoms with Crippen molar-refractivity contribution in [3.63, 3.8) is 0 Å². The van der Waals surface area contributed by atoms with E-state index >= 15 is 0 Å². The second-order valence-electron chi connectivity index (χ2n) is 7.16. The third-order valence-electron chi connectivity index (χ3n) is 5.36. The summed E-state index contributed by atoms with van der Waals surface area (Å²) >= 11 is 1.76. The number of aromatic nitrogens is 2. The second-order valence-corrected chi connectivity index (χ2v) is 8.36. The van der Waals surface area contributed by atoms with E-state index in [2.05, 4.69) is 42.3 Å². The Kier molecular flexibility index (Phi) is 4.57. The molecule has 0 bridgehead atoms. The van der Waals surface area contributed by atoms with Gasteiger partial charge in [0, 0.05) is 10.9 Å². The van der Waals surface area contributed by atoms with Crippen LogP contribution in [0.15, 0.2) is 18.2 Å². The highest BCUT2D eigenvalue weighted by Gasteiger charge is 2.20. The molecule has 5 heteroatoms. The van der Waals surface area contributed by atoms with Crippen LogP contribution >= 0.6 is 11.3 Å². The zero-order chi connectivity index (χ0) is 18.3. The average molecular weight is 368 g/mol. The van der Waals surface area contributed by atoms with Crippen molar-refractivity contribution in [2.75, 3.05) is 12.4 Å². The van der Waals surface area contributed by atoms with Gasteiger partial charge in [-0.15, -0.1) is 11.3 Å². The van der Waals surface area contributed by atoms with Gasteiger partial charge < -0.3 is 10.1 Å². The highest BCUT2D eigenvalue weighted by atomic mass is 32.1. The first-order valence-corrected chi connectivity index (χ1v) is 10.0. The van der Waals surface area contributed by atoms with Crippen LogP contribution in [-0.2, 0) is 12.8 Å². The summed E-state index contributed by atoms with van der Waals surface area (Å²) in [6, 6.07) is 6.86. The predicted molar refractivity (Wildman–Crippen MR) is 109 cm³/mol. The molecule has 0 spiro atoms. The molecule has 2 heterocycles. The Morgan fingerprint density at radius 2 is 2.00 bits per heavy atom. The first-order chi connectivity index (χ1) is 12.5. The molecule has 0 radical (unpaired) electrons. The Morgan fingerprint density at radius 3 is 2.81 bits per heavy atom. The average Bonchev–Trinajstić information content (AvgIpc) is 2.79. The Bertz CT molecular complexity index is 964. The lowest BCUT2D eigenvalue weighted by Gasteiger charge is -2.19. The van der Waals surface area contributed by atoms with E-state index < -0.39 is 0 Å². The topological polar surface area (TPSA) is 47.0 Å². The van der Waals surface area contributed by atoms with Crippen LogP contribution in [0.3, 0.4) is 0 Å². The number of nitrogens with one attached hydrogen (secondary N) is 1. The third kappa shape index (κ3) is 3.16. The van der Waals surface area contributed by atoms with Crippen LogP contribution in [0.4, 0.5) is 5.82 Å². The number of aryl methyl sites for hydroxylation is 4. The molecule has 0 saturated heterocycles. The van der Waals surface area contributed by atoms with Gasteiger partial charge in [0.2, 0.25) is 0 Å². The lowest BCUT2D eigenvalue weighted by Crippen LogP contribution is -2.22. The maximum absolute atomic E-state index is 5.43. The minimum absolute atomic E-state index is 0.375. The molecule has 1 N–H and O–H groups in total. The quantitative estimate of drug-likeness (QED) is 0.663. The number of thiophene rings is 1. The van der Waals surface area contributed by atoms with Crippen molar-refractivity contribution in [2.24, 2.45) is 0 Å². The Labute approximate surface area is 158 Å². The molecule has 1 aliphatic rings. The zero-order valence-electron chi connectivity index (χ0n) is 15.8. The number of ether oxygens (including phenoxy) is 1. The van der Waals surface area contributed by atoms with Gasteiger partial charge in [0.15, 0.2) is 0 Å². The SMILES string of the molecule is COc1ccc2c(c1)CC(Nc1nc(C)nc3sc(C)c(C)c13)CCC2. The van der Waals surface area contributed by atoms with Gasteiger partial charge in [-0.1, -0.05) is 6.07 Å². The highest BCUT2D eigenvalue weighted by Crippen LogP contribution is 2.34. The van der Waals surface area contributed by atoms with Gasteiger partial charge in [-0.2, -0.15) is 0 Å². The molecular weight excluding hydrogens is 342 g/mol. The predicted octanol–water partition coefficient (Wildman–Crippen LogP) is 4.98. The van der Waals surface area contributed by atoms with Crippen LogP contribution in [-0.4, -0.2) is 23.1 Å². The molecule has 1 atom stereocenters. The molecule has 0 aliphatic heterocycles. The molecule has 136 valence electrons. The van der Waals surface area contributed by atoms with Crippen LogP contribution in [0.1, 0.15) is 40.2 Å². The number of hydrogen-bond donors (Lipinski definition) is 1. The van der Waals surface area contributed by atoms with Gasteiger partial charge in [-0.05, 0) is 75.3 Å². The first kappa shape index (κ1) is 17.3. The zero-order valence-corrected chi connectivity index (χ0v) is 16.7. The van der Waals surface area contributed by atoms with E-state index in [1.54, 1.807) is 18.4 Å². The number of hydrogen-bond acceptors (Lipinski definition) is 5. The summed E-state index contributed by atoms with van der Waals surface area (Å²) < 4.78 is 5.43. The van der Waals surface area contributed by atoms with Gasteiger partial charge >= 0.3 is 0 Å². The molecule has 1 aliphatic carbocycles. The van der Waals surface area contributed by atoms with Crippen LogP contribution < -0.4 is 10.1 Å². The maximum atomic E-state index is 5.43. The second kappa shape index (κ2) is 6.88. The standard InChI is InChI=1S/C21H25N3OS/c1-12-13(2)26-21-19(12)20(22-14(3)23-21)24-17-7-5-6-15-8-9-18(25-4)11-16(15)10-17/h8-9,11,17H,5-7,10H2,1-4H3,(H,22,23,24). The summed E-state index contributed by atoms with van der Waals surface area (Å²) in [5.41, 5.74) is 4.13. The highest BCUT2D eigenvalue weighted by molar-refractivity contribution is 7.18. The minimum atomic E-state index is 0.375. The Balaban J connectivity index is 1.68. The number of rotatable bonds is 3. The smallest absolute Gasteiger partial charge is 0.139 e. The number of benzene rings is 1. The van der Waals surface area contributed by atoms with Crippen LogP contribution in [0.5, 0.6) is 5.75 Å². The summed E-state index contributed by atoms with van der Waals surface area (Å²) in [5.74, 6) is 2.76. The minimum Gasteiger partial charge on any atom is -0.497 e. The number of nitrogens with zero attached hydrogens (tertiary/aromatic N) is 2. The summed E-state index contributed by atoms with van der Waals surface area (Å²) in [6.45, 7) is 6.31. The summed E-state index contributed by atoms with van der Waals surface area (Å²) in [4.78, 5) is 11.8. The van der Waals surface area contributed by atoms with E-state index in [-0.39, 0.29) is 0 Å². The normalized spacial score (nSPS) is 17.0. The van der Waals surface area contributed by atoms with Gasteiger partial charge in [0.25, 0.3) is 0 Å². The molecule has 0 amide bonds. The maximum Gasteiger partial charge on any atom is 0.139 e. The van der Waals surface area contributed by atoms with Crippen LogP contribution in [0.2, 0.25) is 0 Å². The van der Waals surface area contributed by atoms with E-state index in [1.165, 1.54) is 33.4 Å². The van der Waals surface area contributed by atoms with Crippen molar-refractivity contribution in [1.82, 2.24) is 9.97 Å². The fraction of sp³-hybridized carbons (Fsp3) is 0.429. The van der Waals surface area contributed by atoms with Gasteiger partial charge in [-0.25, -0.2) is 9.97 Å². The lowest BCUT2D eigenvalue weighted by molar-refractivity contribution is 0.414. The molecule has 2 aromatic heterocycles.